The van der Waals surface area contributed by atoms with Gasteiger partial charge in [0.1, 0.15) is 5.54 Å². The second-order valence-electron chi connectivity index (χ2n) is 6.98. The van der Waals surface area contributed by atoms with Crippen molar-refractivity contribution in [3.8, 4) is 5.69 Å². The Morgan fingerprint density at radius 2 is 1.68 bits per heavy atom. The predicted octanol–water partition coefficient (Wildman–Crippen LogP) is 2.11. The molecule has 1 aromatic heterocycles. The van der Waals surface area contributed by atoms with Crippen molar-refractivity contribution < 1.29 is 9.59 Å². The summed E-state index contributed by atoms with van der Waals surface area (Å²) in [4.78, 5) is 26.7. The standard InChI is InChI=1S/C20H20N6O2/c1-20(13-12-15-8-4-2-5-9-15)18(27)25(19(28)21-20)14-17-22-23-24-26(17)16-10-6-3-7-11-16/h2-11H,12-14H2,1H3,(H,21,28)/t20-/m0/s1. The van der Waals surface area contributed by atoms with Gasteiger partial charge in [0.25, 0.3) is 5.91 Å². The van der Waals surface area contributed by atoms with Crippen LogP contribution in [0.25, 0.3) is 5.69 Å². The molecule has 8 heteroatoms. The number of imide groups is 1. The minimum atomic E-state index is -0.946. The number of para-hydroxylation sites is 1. The molecular formula is C20H20N6O2. The molecule has 0 unspecified atom stereocenters. The van der Waals surface area contributed by atoms with Crippen molar-refractivity contribution in [2.24, 2.45) is 0 Å². The third kappa shape index (κ3) is 3.36. The molecule has 0 saturated carbocycles. The Hall–Kier alpha value is -3.55. The number of urea groups is 1. The van der Waals surface area contributed by atoms with Gasteiger partial charge in [0.2, 0.25) is 0 Å². The number of hydrogen-bond acceptors (Lipinski definition) is 5. The van der Waals surface area contributed by atoms with E-state index >= 15 is 0 Å². The van der Waals surface area contributed by atoms with Crippen molar-refractivity contribution in [1.29, 1.82) is 0 Å². The molecular weight excluding hydrogens is 356 g/mol. The van der Waals surface area contributed by atoms with Crippen LogP contribution in [-0.2, 0) is 17.8 Å². The van der Waals surface area contributed by atoms with Crippen LogP contribution < -0.4 is 5.32 Å². The van der Waals surface area contributed by atoms with Gasteiger partial charge in [-0.1, -0.05) is 48.5 Å². The van der Waals surface area contributed by atoms with Crippen LogP contribution in [0.3, 0.4) is 0 Å². The summed E-state index contributed by atoms with van der Waals surface area (Å²) in [6, 6.07) is 18.8. The summed E-state index contributed by atoms with van der Waals surface area (Å²) in [5, 5.41) is 14.5. The first-order valence-electron chi connectivity index (χ1n) is 9.07. The summed E-state index contributed by atoms with van der Waals surface area (Å²) in [5.74, 6) is 0.151. The molecule has 1 aliphatic heterocycles. The van der Waals surface area contributed by atoms with Crippen LogP contribution in [0.4, 0.5) is 4.79 Å². The van der Waals surface area contributed by atoms with Gasteiger partial charge in [-0.3, -0.25) is 9.69 Å². The monoisotopic (exact) mass is 376 g/mol. The van der Waals surface area contributed by atoms with Crippen molar-refractivity contribution in [2.45, 2.75) is 31.8 Å². The number of aromatic nitrogens is 4. The van der Waals surface area contributed by atoms with Crippen molar-refractivity contribution in [3.05, 3.63) is 72.1 Å². The lowest BCUT2D eigenvalue weighted by atomic mass is 9.93. The van der Waals surface area contributed by atoms with Crippen LogP contribution in [-0.4, -0.2) is 42.6 Å². The maximum absolute atomic E-state index is 13.0. The predicted molar refractivity (Wildman–Crippen MR) is 101 cm³/mol. The number of amides is 3. The Bertz CT molecular complexity index is 988. The molecule has 0 bridgehead atoms. The molecule has 0 spiro atoms. The number of tetrazole rings is 1. The maximum atomic E-state index is 13.0. The van der Waals surface area contributed by atoms with Crippen LogP contribution in [0.2, 0.25) is 0 Å². The summed E-state index contributed by atoms with van der Waals surface area (Å²) in [7, 11) is 0. The Labute approximate surface area is 162 Å². The highest BCUT2D eigenvalue weighted by Crippen LogP contribution is 2.24. The van der Waals surface area contributed by atoms with E-state index < -0.39 is 11.6 Å². The highest BCUT2D eigenvalue weighted by Gasteiger charge is 2.47. The number of rotatable bonds is 6. The average molecular weight is 376 g/mol. The molecule has 1 N–H and O–H groups in total. The van der Waals surface area contributed by atoms with E-state index in [2.05, 4.69) is 20.8 Å². The summed E-state index contributed by atoms with van der Waals surface area (Å²) in [6.45, 7) is 1.77. The van der Waals surface area contributed by atoms with Gasteiger partial charge < -0.3 is 5.32 Å². The summed E-state index contributed by atoms with van der Waals surface area (Å²) < 4.78 is 1.53. The Balaban J connectivity index is 1.50. The van der Waals surface area contributed by atoms with E-state index in [1.807, 2.05) is 60.7 Å². The van der Waals surface area contributed by atoms with Crippen LogP contribution >= 0.6 is 0 Å². The molecule has 4 rings (SSSR count). The fraction of sp³-hybridized carbons (Fsp3) is 0.250. The van der Waals surface area contributed by atoms with Crippen molar-refractivity contribution >= 4 is 11.9 Å². The quantitative estimate of drug-likeness (QED) is 0.665. The molecule has 0 aliphatic carbocycles. The smallest absolute Gasteiger partial charge is 0.323 e. The van der Waals surface area contributed by atoms with Crippen LogP contribution in [0.5, 0.6) is 0 Å². The largest absolute Gasteiger partial charge is 0.325 e. The fourth-order valence-corrected chi connectivity index (χ4v) is 3.31. The highest BCUT2D eigenvalue weighted by atomic mass is 16.2. The van der Waals surface area contributed by atoms with E-state index in [1.54, 1.807) is 6.92 Å². The minimum Gasteiger partial charge on any atom is -0.323 e. The molecule has 2 heterocycles. The Morgan fingerprint density at radius 1 is 1.00 bits per heavy atom. The Morgan fingerprint density at radius 3 is 2.39 bits per heavy atom. The molecule has 0 radical (unpaired) electrons. The third-order valence-electron chi connectivity index (χ3n) is 4.94. The van der Waals surface area contributed by atoms with Gasteiger partial charge >= 0.3 is 6.03 Å². The molecule has 1 atom stereocenters. The maximum Gasteiger partial charge on any atom is 0.325 e. The summed E-state index contributed by atoms with van der Waals surface area (Å²) in [6.07, 6.45) is 1.21. The Kier molecular flexibility index (Phi) is 4.60. The zero-order valence-electron chi connectivity index (χ0n) is 15.4. The van der Waals surface area contributed by atoms with Gasteiger partial charge in [-0.15, -0.1) is 5.10 Å². The van der Waals surface area contributed by atoms with Gasteiger partial charge in [-0.2, -0.15) is 4.68 Å². The first-order valence-corrected chi connectivity index (χ1v) is 9.07. The van der Waals surface area contributed by atoms with Crippen LogP contribution in [0.15, 0.2) is 60.7 Å². The van der Waals surface area contributed by atoms with Gasteiger partial charge in [-0.05, 0) is 47.9 Å². The summed E-state index contributed by atoms with van der Waals surface area (Å²) in [5.41, 5.74) is 0.941. The lowest BCUT2D eigenvalue weighted by Crippen LogP contribution is -2.44. The molecule has 2 aromatic carbocycles. The molecule has 1 fully saturated rings. The second kappa shape index (κ2) is 7.22. The van der Waals surface area contributed by atoms with Crippen molar-refractivity contribution in [1.82, 2.24) is 30.4 Å². The number of nitrogens with one attached hydrogen (secondary N) is 1. The van der Waals surface area contributed by atoms with Gasteiger partial charge in [0.15, 0.2) is 5.82 Å². The van der Waals surface area contributed by atoms with Crippen molar-refractivity contribution in [3.63, 3.8) is 0 Å². The lowest BCUT2D eigenvalue weighted by Gasteiger charge is -2.21. The molecule has 8 nitrogen and oxygen atoms in total. The fourth-order valence-electron chi connectivity index (χ4n) is 3.31. The topological polar surface area (TPSA) is 93.0 Å². The second-order valence-corrected chi connectivity index (χ2v) is 6.98. The van der Waals surface area contributed by atoms with E-state index in [0.717, 1.165) is 11.3 Å². The van der Waals surface area contributed by atoms with E-state index in [-0.39, 0.29) is 12.5 Å². The molecule has 1 aliphatic rings. The summed E-state index contributed by atoms with van der Waals surface area (Å²) >= 11 is 0. The zero-order chi connectivity index (χ0) is 19.6. The van der Waals surface area contributed by atoms with Gasteiger partial charge in [0.05, 0.1) is 12.2 Å². The third-order valence-corrected chi connectivity index (χ3v) is 4.94. The van der Waals surface area contributed by atoms with Gasteiger partial charge in [-0.25, -0.2) is 4.79 Å². The molecule has 28 heavy (non-hydrogen) atoms. The SMILES string of the molecule is C[C@@]1(CCc2ccccc2)NC(=O)N(Cc2nnnn2-c2ccccc2)C1=O. The minimum absolute atomic E-state index is 0.00743. The molecule has 142 valence electrons. The number of nitrogens with zero attached hydrogens (tertiary/aromatic N) is 5. The molecule has 1 saturated heterocycles. The number of hydrogen-bond donors (Lipinski definition) is 1. The van der Waals surface area contributed by atoms with Crippen LogP contribution in [0.1, 0.15) is 24.7 Å². The molecule has 3 aromatic rings. The van der Waals surface area contributed by atoms with Crippen LogP contribution in [0, 0.1) is 0 Å². The number of carbonyl (C=O) groups is 2. The van der Waals surface area contributed by atoms with E-state index in [9.17, 15) is 9.59 Å². The van der Waals surface area contributed by atoms with Gasteiger partial charge in [0, 0.05) is 0 Å². The first-order chi connectivity index (χ1) is 13.6. The lowest BCUT2D eigenvalue weighted by molar-refractivity contribution is -0.131. The number of carbonyl (C=O) groups excluding carboxylic acids is 2. The molecule has 3 amide bonds. The normalized spacial score (nSPS) is 19.1. The van der Waals surface area contributed by atoms with Crippen molar-refractivity contribution in [2.75, 3.05) is 0 Å². The average Bonchev–Trinajstić information content (AvgIpc) is 3.27. The van der Waals surface area contributed by atoms with E-state index in [0.29, 0.717) is 18.7 Å². The highest BCUT2D eigenvalue weighted by molar-refractivity contribution is 6.06. The zero-order valence-corrected chi connectivity index (χ0v) is 15.4. The van der Waals surface area contributed by atoms with E-state index in [4.69, 9.17) is 0 Å². The number of benzene rings is 2. The van der Waals surface area contributed by atoms with E-state index in [1.165, 1.54) is 9.58 Å². The first kappa shape index (κ1) is 17.8. The number of aryl methyl sites for hydroxylation is 1.